The molecule has 18 heavy (non-hydrogen) atoms. The van der Waals surface area contributed by atoms with Crippen LogP contribution in [0.5, 0.6) is 5.75 Å². The van der Waals surface area contributed by atoms with Gasteiger partial charge in [-0.25, -0.2) is 0 Å². The van der Waals surface area contributed by atoms with E-state index in [1.807, 2.05) is 12.1 Å². The summed E-state index contributed by atoms with van der Waals surface area (Å²) in [5.74, 6) is 1.03. The maximum atomic E-state index is 11.1. The van der Waals surface area contributed by atoms with Gasteiger partial charge in [-0.05, 0) is 37.5 Å². The topological polar surface area (TPSA) is 49.3 Å². The van der Waals surface area contributed by atoms with E-state index >= 15 is 0 Å². The zero-order chi connectivity index (χ0) is 13.5. The molecular weight excluding hydrogens is 246 g/mol. The Morgan fingerprint density at radius 3 is 2.44 bits per heavy atom. The molecule has 0 bridgehead atoms. The van der Waals surface area contributed by atoms with Crippen molar-refractivity contribution in [3.63, 3.8) is 0 Å². The molecule has 0 radical (unpaired) electrons. The minimum absolute atomic E-state index is 0.283. The summed E-state index contributed by atoms with van der Waals surface area (Å²) in [7, 11) is -0.724. The number of nitrogens with one attached hydrogen (secondary N) is 1. The Hall–Kier alpha value is -0.870. The van der Waals surface area contributed by atoms with Crippen LogP contribution in [0.4, 0.5) is 0 Å². The molecule has 1 aromatic rings. The second kappa shape index (κ2) is 7.54. The van der Waals surface area contributed by atoms with Crippen LogP contribution in [0, 0.1) is 0 Å². The van der Waals surface area contributed by atoms with E-state index in [9.17, 15) is 9.32 Å². The summed E-state index contributed by atoms with van der Waals surface area (Å²) in [6, 6.07) is 7.94. The molecule has 3 nitrogen and oxygen atoms in total. The van der Waals surface area contributed by atoms with Crippen molar-refractivity contribution in [2.45, 2.75) is 38.8 Å². The molecule has 0 saturated heterocycles. The van der Waals surface area contributed by atoms with Crippen molar-refractivity contribution in [1.82, 2.24) is 5.32 Å². The first-order chi connectivity index (χ1) is 8.52. The summed E-state index contributed by atoms with van der Waals surface area (Å²) in [5, 5.41) is 12.8. The van der Waals surface area contributed by atoms with Crippen molar-refractivity contribution in [3.05, 3.63) is 29.8 Å². The molecule has 0 aliphatic rings. The number of aromatic hydroxyl groups is 1. The van der Waals surface area contributed by atoms with Crippen LogP contribution in [0.1, 0.15) is 38.3 Å². The number of rotatable bonds is 7. The fourth-order valence-electron chi connectivity index (χ4n) is 1.93. The standard InChI is InChI=1S/C14H23NO2S/c1-4-14(12-5-7-13(16)8-6-12)15-11(2)9-10-18(3)17/h5-8,11,14-16H,4,9-10H2,1-3H3. The van der Waals surface area contributed by atoms with Gasteiger partial charge >= 0.3 is 0 Å². The summed E-state index contributed by atoms with van der Waals surface area (Å²) in [5.41, 5.74) is 1.18. The van der Waals surface area contributed by atoms with Gasteiger partial charge < -0.3 is 10.4 Å². The number of phenolic OH excluding ortho intramolecular Hbond substituents is 1. The van der Waals surface area contributed by atoms with E-state index in [0.29, 0.717) is 11.8 Å². The van der Waals surface area contributed by atoms with Crippen LogP contribution < -0.4 is 5.32 Å². The average molecular weight is 269 g/mol. The summed E-state index contributed by atoms with van der Waals surface area (Å²) >= 11 is 0. The normalized spacial score (nSPS) is 16.2. The van der Waals surface area contributed by atoms with Gasteiger partial charge in [0, 0.05) is 34.9 Å². The maximum absolute atomic E-state index is 11.1. The second-order valence-electron chi connectivity index (χ2n) is 4.69. The summed E-state index contributed by atoms with van der Waals surface area (Å²) < 4.78 is 11.1. The Labute approximate surface area is 112 Å². The predicted octanol–water partition coefficient (Wildman–Crippen LogP) is 2.59. The van der Waals surface area contributed by atoms with Gasteiger partial charge in [-0.15, -0.1) is 0 Å². The van der Waals surface area contributed by atoms with E-state index in [-0.39, 0.29) is 6.04 Å². The SMILES string of the molecule is CCC(NC(C)CCS(C)=O)c1ccc(O)cc1. The number of phenols is 1. The highest BCUT2D eigenvalue weighted by atomic mass is 32.2. The summed E-state index contributed by atoms with van der Waals surface area (Å²) in [4.78, 5) is 0. The Bertz CT molecular complexity index is 378. The lowest BCUT2D eigenvalue weighted by atomic mass is 10.0. The fraction of sp³-hybridized carbons (Fsp3) is 0.571. The molecule has 3 unspecified atom stereocenters. The van der Waals surface area contributed by atoms with E-state index in [1.165, 1.54) is 5.56 Å². The van der Waals surface area contributed by atoms with Gasteiger partial charge in [0.25, 0.3) is 0 Å². The van der Waals surface area contributed by atoms with Crippen molar-refractivity contribution < 1.29 is 9.32 Å². The van der Waals surface area contributed by atoms with Crippen LogP contribution in [-0.4, -0.2) is 27.4 Å². The van der Waals surface area contributed by atoms with Crippen LogP contribution in [0.2, 0.25) is 0 Å². The van der Waals surface area contributed by atoms with E-state index in [0.717, 1.165) is 18.6 Å². The van der Waals surface area contributed by atoms with Gasteiger partial charge in [-0.1, -0.05) is 19.1 Å². The number of benzene rings is 1. The van der Waals surface area contributed by atoms with Crippen molar-refractivity contribution >= 4 is 10.8 Å². The third-order valence-electron chi connectivity index (χ3n) is 3.03. The third-order valence-corrected chi connectivity index (χ3v) is 3.84. The molecule has 0 heterocycles. The molecule has 0 aliphatic carbocycles. The van der Waals surface area contributed by atoms with Crippen molar-refractivity contribution in [1.29, 1.82) is 0 Å². The summed E-state index contributed by atoms with van der Waals surface area (Å²) in [6.07, 6.45) is 3.64. The minimum atomic E-state index is -0.724. The predicted molar refractivity (Wildman–Crippen MR) is 77.3 cm³/mol. The quantitative estimate of drug-likeness (QED) is 0.800. The van der Waals surface area contributed by atoms with Crippen molar-refractivity contribution in [2.75, 3.05) is 12.0 Å². The lowest BCUT2D eigenvalue weighted by Gasteiger charge is -2.22. The van der Waals surface area contributed by atoms with E-state index in [2.05, 4.69) is 19.2 Å². The highest BCUT2D eigenvalue weighted by Crippen LogP contribution is 2.20. The fourth-order valence-corrected chi connectivity index (χ4v) is 2.61. The molecule has 1 rings (SSSR count). The first-order valence-electron chi connectivity index (χ1n) is 6.38. The maximum Gasteiger partial charge on any atom is 0.115 e. The first kappa shape index (κ1) is 15.2. The molecule has 2 N–H and O–H groups in total. The van der Waals surface area contributed by atoms with Gasteiger partial charge in [-0.2, -0.15) is 0 Å². The Morgan fingerprint density at radius 2 is 1.94 bits per heavy atom. The largest absolute Gasteiger partial charge is 0.508 e. The molecule has 0 amide bonds. The lowest BCUT2D eigenvalue weighted by Crippen LogP contribution is -2.31. The van der Waals surface area contributed by atoms with Crippen LogP contribution in [0.25, 0.3) is 0 Å². The Morgan fingerprint density at radius 1 is 1.33 bits per heavy atom. The molecule has 0 aliphatic heterocycles. The monoisotopic (exact) mass is 269 g/mol. The minimum Gasteiger partial charge on any atom is -0.508 e. The smallest absolute Gasteiger partial charge is 0.115 e. The molecule has 0 spiro atoms. The zero-order valence-electron chi connectivity index (χ0n) is 11.3. The highest BCUT2D eigenvalue weighted by molar-refractivity contribution is 7.84. The van der Waals surface area contributed by atoms with Crippen LogP contribution >= 0.6 is 0 Å². The highest BCUT2D eigenvalue weighted by Gasteiger charge is 2.12. The van der Waals surface area contributed by atoms with Crippen LogP contribution in [0.15, 0.2) is 24.3 Å². The second-order valence-corrected chi connectivity index (χ2v) is 6.24. The Balaban J connectivity index is 2.56. The molecular formula is C14H23NO2S. The van der Waals surface area contributed by atoms with E-state index < -0.39 is 10.8 Å². The first-order valence-corrected chi connectivity index (χ1v) is 8.10. The average Bonchev–Trinajstić information content (AvgIpc) is 2.34. The number of hydrogen-bond acceptors (Lipinski definition) is 3. The molecule has 3 atom stereocenters. The Kier molecular flexibility index (Phi) is 6.36. The molecule has 1 aromatic carbocycles. The number of hydrogen-bond donors (Lipinski definition) is 2. The molecule has 0 fully saturated rings. The van der Waals surface area contributed by atoms with Crippen molar-refractivity contribution in [2.24, 2.45) is 0 Å². The van der Waals surface area contributed by atoms with Gasteiger partial charge in [0.15, 0.2) is 0 Å². The molecule has 4 heteroatoms. The third kappa shape index (κ3) is 5.19. The van der Waals surface area contributed by atoms with E-state index in [4.69, 9.17) is 0 Å². The van der Waals surface area contributed by atoms with E-state index in [1.54, 1.807) is 18.4 Å². The van der Waals surface area contributed by atoms with Crippen LogP contribution in [0.3, 0.4) is 0 Å². The van der Waals surface area contributed by atoms with Gasteiger partial charge in [-0.3, -0.25) is 4.21 Å². The van der Waals surface area contributed by atoms with Gasteiger partial charge in [0.2, 0.25) is 0 Å². The lowest BCUT2D eigenvalue weighted by molar-refractivity contribution is 0.437. The zero-order valence-corrected chi connectivity index (χ0v) is 12.2. The molecule has 102 valence electrons. The summed E-state index contributed by atoms with van der Waals surface area (Å²) in [6.45, 7) is 4.26. The van der Waals surface area contributed by atoms with Crippen LogP contribution in [-0.2, 0) is 10.8 Å². The van der Waals surface area contributed by atoms with Crippen molar-refractivity contribution in [3.8, 4) is 5.75 Å². The molecule has 0 saturated carbocycles. The van der Waals surface area contributed by atoms with Gasteiger partial charge in [0.05, 0.1) is 0 Å². The van der Waals surface area contributed by atoms with Gasteiger partial charge in [0.1, 0.15) is 5.75 Å². The molecule has 0 aromatic heterocycles.